The van der Waals surface area contributed by atoms with Crippen LogP contribution in [0.3, 0.4) is 0 Å². The summed E-state index contributed by atoms with van der Waals surface area (Å²) in [4.78, 5) is 22.3. The highest BCUT2D eigenvalue weighted by Crippen LogP contribution is 2.29. The normalized spacial score (nSPS) is 14.5. The number of hydrogen-bond acceptors (Lipinski definition) is 3. The summed E-state index contributed by atoms with van der Waals surface area (Å²) in [6, 6.07) is 28.2. The smallest absolute Gasteiger partial charge is 0.254 e. The molecule has 6 rings (SSSR count). The minimum absolute atomic E-state index is 0.125. The van der Waals surface area contributed by atoms with Gasteiger partial charge in [-0.25, -0.2) is 9.37 Å². The van der Waals surface area contributed by atoms with Crippen LogP contribution in [0.5, 0.6) is 0 Å². The van der Waals surface area contributed by atoms with Crippen LogP contribution >= 0.6 is 11.6 Å². The van der Waals surface area contributed by atoms with Crippen molar-refractivity contribution in [1.29, 1.82) is 0 Å². The predicted molar refractivity (Wildman–Crippen MR) is 153 cm³/mol. The van der Waals surface area contributed by atoms with E-state index >= 15 is 0 Å². The molecule has 5 aromatic rings. The van der Waals surface area contributed by atoms with Crippen molar-refractivity contribution in [2.75, 3.05) is 26.2 Å². The maximum absolute atomic E-state index is 13.7. The van der Waals surface area contributed by atoms with E-state index in [0.717, 1.165) is 46.7 Å². The van der Waals surface area contributed by atoms with Gasteiger partial charge in [0.05, 0.1) is 11.4 Å². The quantitative estimate of drug-likeness (QED) is 0.247. The van der Waals surface area contributed by atoms with Gasteiger partial charge in [-0.15, -0.1) is 0 Å². The minimum atomic E-state index is -0.394. The van der Waals surface area contributed by atoms with E-state index in [4.69, 9.17) is 16.6 Å². The van der Waals surface area contributed by atoms with Crippen molar-refractivity contribution < 1.29 is 9.18 Å². The second kappa shape index (κ2) is 11.0. The van der Waals surface area contributed by atoms with E-state index in [1.807, 2.05) is 47.4 Å². The number of rotatable bonds is 5. The summed E-state index contributed by atoms with van der Waals surface area (Å²) in [6.45, 7) is 3.46. The highest BCUT2D eigenvalue weighted by atomic mass is 35.5. The van der Waals surface area contributed by atoms with Gasteiger partial charge in [-0.1, -0.05) is 60.1 Å². The zero-order chi connectivity index (χ0) is 26.8. The largest absolute Gasteiger partial charge is 0.337 e. The molecule has 5 nitrogen and oxygen atoms in total. The fourth-order valence-corrected chi connectivity index (χ4v) is 5.36. The molecular formula is C32H28ClFN4O. The van der Waals surface area contributed by atoms with Crippen molar-refractivity contribution in [3.63, 3.8) is 0 Å². The molecule has 7 heteroatoms. The van der Waals surface area contributed by atoms with Gasteiger partial charge in [0.25, 0.3) is 5.91 Å². The molecule has 3 heterocycles. The fourth-order valence-electron chi connectivity index (χ4n) is 5.23. The van der Waals surface area contributed by atoms with E-state index in [2.05, 4.69) is 39.8 Å². The number of fused-ring (bicyclic) bond motifs is 1. The van der Waals surface area contributed by atoms with E-state index in [9.17, 15) is 9.18 Å². The van der Waals surface area contributed by atoms with Gasteiger partial charge in [0.15, 0.2) is 0 Å². The first-order chi connectivity index (χ1) is 19.0. The molecule has 0 saturated carbocycles. The summed E-state index contributed by atoms with van der Waals surface area (Å²) >= 11 is 6.19. The number of carbonyl (C=O) groups is 1. The van der Waals surface area contributed by atoms with Crippen LogP contribution in [-0.2, 0) is 6.54 Å². The number of nitrogens with zero attached hydrogens (tertiary/aromatic N) is 4. The zero-order valence-electron chi connectivity index (χ0n) is 21.4. The molecule has 0 N–H and O–H groups in total. The highest BCUT2D eigenvalue weighted by molar-refractivity contribution is 6.30. The molecule has 0 unspecified atom stereocenters. The Bertz CT molecular complexity index is 1620. The maximum Gasteiger partial charge on any atom is 0.254 e. The lowest BCUT2D eigenvalue weighted by atomic mass is 10.1. The lowest BCUT2D eigenvalue weighted by molar-refractivity contribution is 0.0760. The monoisotopic (exact) mass is 538 g/mol. The Kier molecular flexibility index (Phi) is 7.14. The third-order valence-corrected chi connectivity index (χ3v) is 7.51. The average Bonchev–Trinajstić information content (AvgIpc) is 3.14. The van der Waals surface area contributed by atoms with Crippen LogP contribution in [0.25, 0.3) is 28.0 Å². The van der Waals surface area contributed by atoms with Gasteiger partial charge in [0, 0.05) is 55.1 Å². The Hall–Kier alpha value is -4.00. The van der Waals surface area contributed by atoms with Crippen LogP contribution < -0.4 is 0 Å². The van der Waals surface area contributed by atoms with Crippen molar-refractivity contribution in [3.8, 4) is 22.4 Å². The van der Waals surface area contributed by atoms with E-state index in [1.165, 1.54) is 12.1 Å². The average molecular weight is 539 g/mol. The van der Waals surface area contributed by atoms with Gasteiger partial charge in [-0.05, 0) is 60.0 Å². The molecule has 0 aliphatic carbocycles. The molecular weight excluding hydrogens is 511 g/mol. The molecule has 1 fully saturated rings. The SMILES string of the molecule is O=C(c1cccc(F)c1)N1CCCN(Cc2c(-c3ccc(Cl)cc3)nc3ccc(-c4ccccc4)cn23)CC1. The van der Waals surface area contributed by atoms with E-state index in [1.54, 1.807) is 12.1 Å². The van der Waals surface area contributed by atoms with E-state index < -0.39 is 5.82 Å². The molecule has 3 aromatic carbocycles. The summed E-state index contributed by atoms with van der Waals surface area (Å²) < 4.78 is 15.9. The lowest BCUT2D eigenvalue weighted by Gasteiger charge is -2.22. The third-order valence-electron chi connectivity index (χ3n) is 7.26. The maximum atomic E-state index is 13.7. The van der Waals surface area contributed by atoms with Crippen molar-refractivity contribution in [2.24, 2.45) is 0 Å². The van der Waals surface area contributed by atoms with Gasteiger partial charge in [0.2, 0.25) is 0 Å². The second-order valence-electron chi connectivity index (χ2n) is 9.86. The van der Waals surface area contributed by atoms with E-state index in [-0.39, 0.29) is 5.91 Å². The standard InChI is InChI=1S/C32H28ClFN4O/c33-27-13-10-24(11-14-27)31-29(38-21-26(12-15-30(38)35-31)23-6-2-1-3-7-23)22-36-16-5-17-37(19-18-36)32(39)25-8-4-9-28(34)20-25/h1-4,6-15,20-21H,5,16-19,22H2. The number of halogens is 2. The molecule has 1 aliphatic heterocycles. The summed E-state index contributed by atoms with van der Waals surface area (Å²) in [5.41, 5.74) is 6.57. The Morgan fingerprint density at radius 1 is 0.821 bits per heavy atom. The highest BCUT2D eigenvalue weighted by Gasteiger charge is 2.23. The van der Waals surface area contributed by atoms with Crippen molar-refractivity contribution in [2.45, 2.75) is 13.0 Å². The first-order valence-electron chi connectivity index (χ1n) is 13.1. The number of pyridine rings is 1. The molecule has 0 atom stereocenters. The van der Waals surface area contributed by atoms with E-state index in [0.29, 0.717) is 36.8 Å². The minimum Gasteiger partial charge on any atom is -0.337 e. The van der Waals surface area contributed by atoms with Crippen molar-refractivity contribution in [3.05, 3.63) is 119 Å². The molecule has 1 aliphatic rings. The Balaban J connectivity index is 1.31. The number of imidazole rings is 1. The number of amides is 1. The topological polar surface area (TPSA) is 40.9 Å². The molecule has 0 spiro atoms. The lowest BCUT2D eigenvalue weighted by Crippen LogP contribution is -2.35. The summed E-state index contributed by atoms with van der Waals surface area (Å²) in [7, 11) is 0. The molecule has 1 saturated heterocycles. The Morgan fingerprint density at radius 3 is 2.41 bits per heavy atom. The molecule has 196 valence electrons. The molecule has 1 amide bonds. The summed E-state index contributed by atoms with van der Waals surface area (Å²) in [5, 5.41) is 0.686. The number of carbonyl (C=O) groups excluding carboxylic acids is 1. The first kappa shape index (κ1) is 25.3. The van der Waals surface area contributed by atoms with Crippen molar-refractivity contribution >= 4 is 23.2 Å². The number of benzene rings is 3. The molecule has 39 heavy (non-hydrogen) atoms. The fraction of sp³-hybridized carbons (Fsp3) is 0.188. The van der Waals surface area contributed by atoms with Crippen LogP contribution in [0.2, 0.25) is 5.02 Å². The van der Waals surface area contributed by atoms with Crippen LogP contribution in [0.4, 0.5) is 4.39 Å². The molecule has 2 aromatic heterocycles. The zero-order valence-corrected chi connectivity index (χ0v) is 22.2. The van der Waals surface area contributed by atoms with Crippen LogP contribution in [0.1, 0.15) is 22.5 Å². The molecule has 0 radical (unpaired) electrons. The first-order valence-corrected chi connectivity index (χ1v) is 13.5. The Morgan fingerprint density at radius 2 is 1.62 bits per heavy atom. The van der Waals surface area contributed by atoms with Crippen LogP contribution in [0.15, 0.2) is 97.2 Å². The predicted octanol–water partition coefficient (Wildman–Crippen LogP) is 6.81. The van der Waals surface area contributed by atoms with Gasteiger partial charge >= 0.3 is 0 Å². The number of hydrogen-bond donors (Lipinski definition) is 0. The summed E-state index contributed by atoms with van der Waals surface area (Å²) in [5.74, 6) is -0.519. The second-order valence-corrected chi connectivity index (χ2v) is 10.3. The van der Waals surface area contributed by atoms with Gasteiger partial charge < -0.3 is 9.30 Å². The third kappa shape index (κ3) is 5.44. The van der Waals surface area contributed by atoms with Crippen LogP contribution in [0, 0.1) is 5.82 Å². The Labute approximate surface area is 232 Å². The van der Waals surface area contributed by atoms with Crippen molar-refractivity contribution in [1.82, 2.24) is 19.2 Å². The number of aromatic nitrogens is 2. The van der Waals surface area contributed by atoms with Gasteiger partial charge in [-0.3, -0.25) is 9.69 Å². The van der Waals surface area contributed by atoms with Crippen LogP contribution in [-0.4, -0.2) is 51.3 Å². The van der Waals surface area contributed by atoms with Gasteiger partial charge in [-0.2, -0.15) is 0 Å². The summed E-state index contributed by atoms with van der Waals surface area (Å²) in [6.07, 6.45) is 2.99. The molecule has 0 bridgehead atoms. The van der Waals surface area contributed by atoms with Gasteiger partial charge in [0.1, 0.15) is 11.5 Å².